The smallest absolute Gasteiger partial charge is 0.252 e. The zero-order valence-corrected chi connectivity index (χ0v) is 19.1. The van der Waals surface area contributed by atoms with Gasteiger partial charge in [0, 0.05) is 10.4 Å². The summed E-state index contributed by atoms with van der Waals surface area (Å²) in [4.78, 5) is 0. The highest BCUT2D eigenvalue weighted by Crippen LogP contribution is 2.48. The van der Waals surface area contributed by atoms with Crippen LogP contribution in [-0.2, 0) is 10.0 Å². The molecule has 2 rings (SSSR count). The van der Waals surface area contributed by atoms with Gasteiger partial charge in [0.2, 0.25) is 29.8 Å². The van der Waals surface area contributed by atoms with Crippen LogP contribution in [0.4, 0.5) is 10.3 Å². The number of nitrogens with one attached hydrogen (secondary N) is 1. The monoisotopic (exact) mass is 499 g/mol. The van der Waals surface area contributed by atoms with Crippen molar-refractivity contribution < 1.29 is 26.8 Å². The van der Waals surface area contributed by atoms with Crippen molar-refractivity contribution in [3.05, 3.63) is 29.0 Å². The molecule has 1 aromatic carbocycles. The van der Waals surface area contributed by atoms with Crippen molar-refractivity contribution in [2.45, 2.75) is 26.1 Å². The van der Waals surface area contributed by atoms with Crippen LogP contribution in [0.5, 0.6) is 11.5 Å². The van der Waals surface area contributed by atoms with Crippen LogP contribution in [0.1, 0.15) is 6.42 Å². The molecule has 0 saturated carbocycles. The SMILES string of the molecule is C[Si](C)(C)Oc1c(NS(=O)(=O)CCCBr)oc(-c2ccc(Cl)cc2F)c1O. The van der Waals surface area contributed by atoms with Crippen LogP contribution >= 0.6 is 27.5 Å². The molecule has 0 fully saturated rings. The number of anilines is 1. The van der Waals surface area contributed by atoms with Crippen LogP contribution in [0.25, 0.3) is 11.3 Å². The van der Waals surface area contributed by atoms with Crippen molar-refractivity contribution in [2.75, 3.05) is 15.8 Å². The van der Waals surface area contributed by atoms with Crippen molar-refractivity contribution >= 4 is 51.8 Å². The molecule has 0 amide bonds. The fraction of sp³-hybridized carbons (Fsp3) is 0.375. The van der Waals surface area contributed by atoms with Gasteiger partial charge in [-0.3, -0.25) is 0 Å². The highest BCUT2D eigenvalue weighted by Gasteiger charge is 2.30. The summed E-state index contributed by atoms with van der Waals surface area (Å²) < 4.78 is 52.3. The van der Waals surface area contributed by atoms with Gasteiger partial charge in [0.1, 0.15) is 5.82 Å². The molecule has 1 heterocycles. The molecule has 0 aliphatic carbocycles. The van der Waals surface area contributed by atoms with E-state index in [0.717, 1.165) is 6.07 Å². The number of aromatic hydroxyl groups is 1. The second-order valence-electron chi connectivity index (χ2n) is 6.74. The molecular weight excluding hydrogens is 481 g/mol. The summed E-state index contributed by atoms with van der Waals surface area (Å²) in [5.41, 5.74) is -0.0665. The molecule has 1 aromatic heterocycles. The molecule has 0 radical (unpaired) electrons. The van der Waals surface area contributed by atoms with Crippen molar-refractivity contribution in [3.63, 3.8) is 0 Å². The highest BCUT2D eigenvalue weighted by atomic mass is 79.9. The van der Waals surface area contributed by atoms with Gasteiger partial charge >= 0.3 is 0 Å². The quantitative estimate of drug-likeness (QED) is 0.385. The van der Waals surface area contributed by atoms with Crippen LogP contribution in [0.3, 0.4) is 0 Å². The van der Waals surface area contributed by atoms with Gasteiger partial charge in [0.15, 0.2) is 5.76 Å². The Labute approximate surface area is 172 Å². The van der Waals surface area contributed by atoms with E-state index in [2.05, 4.69) is 20.7 Å². The van der Waals surface area contributed by atoms with E-state index in [1.54, 1.807) is 0 Å². The van der Waals surface area contributed by atoms with Crippen LogP contribution in [-0.4, -0.2) is 32.9 Å². The predicted molar refractivity (Wildman–Crippen MR) is 111 cm³/mol. The van der Waals surface area contributed by atoms with Gasteiger partial charge in [-0.25, -0.2) is 17.5 Å². The maximum absolute atomic E-state index is 14.3. The molecule has 0 unspecified atom stereocenters. The first-order valence-corrected chi connectivity index (χ1v) is 14.6. The second-order valence-corrected chi connectivity index (χ2v) is 14.2. The van der Waals surface area contributed by atoms with E-state index in [4.69, 9.17) is 20.4 Å². The van der Waals surface area contributed by atoms with Gasteiger partial charge in [-0.05, 0) is 44.3 Å². The lowest BCUT2D eigenvalue weighted by Crippen LogP contribution is -2.29. The summed E-state index contributed by atoms with van der Waals surface area (Å²) in [7, 11) is -5.99. The Hall–Kier alpha value is -1.23. The Morgan fingerprint density at radius 3 is 2.59 bits per heavy atom. The van der Waals surface area contributed by atoms with E-state index in [9.17, 15) is 17.9 Å². The van der Waals surface area contributed by atoms with Gasteiger partial charge in [-0.1, -0.05) is 27.5 Å². The first kappa shape index (κ1) is 22.1. The lowest BCUT2D eigenvalue weighted by atomic mass is 10.1. The first-order valence-electron chi connectivity index (χ1n) is 8.00. The zero-order valence-electron chi connectivity index (χ0n) is 15.0. The van der Waals surface area contributed by atoms with E-state index < -0.39 is 29.9 Å². The number of furan rings is 1. The van der Waals surface area contributed by atoms with Gasteiger partial charge in [-0.15, -0.1) is 0 Å². The molecule has 2 N–H and O–H groups in total. The summed E-state index contributed by atoms with van der Waals surface area (Å²) in [5, 5.41) is 11.2. The highest BCUT2D eigenvalue weighted by molar-refractivity contribution is 9.09. The molecule has 11 heteroatoms. The minimum atomic E-state index is -3.74. The Balaban J connectivity index is 2.54. The molecule has 0 saturated heterocycles. The topological polar surface area (TPSA) is 88.8 Å². The summed E-state index contributed by atoms with van der Waals surface area (Å²) >= 11 is 8.93. The minimum absolute atomic E-state index is 0.0665. The van der Waals surface area contributed by atoms with E-state index in [1.807, 2.05) is 19.6 Å². The lowest BCUT2D eigenvalue weighted by molar-refractivity contribution is 0.439. The zero-order chi connectivity index (χ0) is 20.4. The Morgan fingerprint density at radius 1 is 1.37 bits per heavy atom. The van der Waals surface area contributed by atoms with Crippen molar-refractivity contribution in [2.24, 2.45) is 0 Å². The molecule has 0 bridgehead atoms. The third-order valence-corrected chi connectivity index (χ3v) is 6.15. The first-order chi connectivity index (χ1) is 12.4. The van der Waals surface area contributed by atoms with Crippen molar-refractivity contribution in [1.29, 1.82) is 0 Å². The van der Waals surface area contributed by atoms with Crippen LogP contribution in [0.15, 0.2) is 22.6 Å². The summed E-state index contributed by atoms with van der Waals surface area (Å²) in [6, 6.07) is 3.83. The normalized spacial score (nSPS) is 12.2. The average Bonchev–Trinajstić information content (AvgIpc) is 2.80. The Bertz CT molecular complexity index is 930. The Kier molecular flexibility index (Phi) is 6.88. The number of hydrogen-bond acceptors (Lipinski definition) is 5. The van der Waals surface area contributed by atoms with Gasteiger partial charge in [0.05, 0.1) is 11.3 Å². The molecule has 27 heavy (non-hydrogen) atoms. The van der Waals surface area contributed by atoms with E-state index >= 15 is 0 Å². The lowest BCUT2D eigenvalue weighted by Gasteiger charge is -2.19. The van der Waals surface area contributed by atoms with Crippen molar-refractivity contribution in [1.82, 2.24) is 0 Å². The maximum Gasteiger partial charge on any atom is 0.252 e. The van der Waals surface area contributed by atoms with E-state index in [0.29, 0.717) is 11.8 Å². The van der Waals surface area contributed by atoms with Crippen LogP contribution in [0, 0.1) is 5.82 Å². The molecule has 0 atom stereocenters. The number of hydrogen-bond donors (Lipinski definition) is 2. The van der Waals surface area contributed by atoms with Gasteiger partial charge < -0.3 is 13.9 Å². The molecule has 150 valence electrons. The number of alkyl halides is 1. The Morgan fingerprint density at radius 2 is 2.04 bits per heavy atom. The largest absolute Gasteiger partial charge is 0.538 e. The number of benzene rings is 1. The molecule has 0 aliphatic heterocycles. The summed E-state index contributed by atoms with van der Waals surface area (Å²) in [5.74, 6) is -2.03. The summed E-state index contributed by atoms with van der Waals surface area (Å²) in [6.07, 6.45) is 0.380. The van der Waals surface area contributed by atoms with E-state index in [-0.39, 0.29) is 33.7 Å². The molecule has 0 spiro atoms. The third-order valence-electron chi connectivity index (χ3n) is 3.22. The van der Waals surface area contributed by atoms with E-state index in [1.165, 1.54) is 12.1 Å². The number of sulfonamides is 1. The van der Waals surface area contributed by atoms with Crippen LogP contribution in [0.2, 0.25) is 24.7 Å². The maximum atomic E-state index is 14.3. The standard InChI is InChI=1S/C16H20BrClFNO5SSi/c1-27(2,3)25-15-13(21)14(11-6-5-10(18)9-12(11)19)24-16(15)20-26(22,23)8-4-7-17/h5-6,9,20-21H,4,7-8H2,1-3H3. The van der Waals surface area contributed by atoms with Crippen molar-refractivity contribution in [3.8, 4) is 22.8 Å². The number of rotatable bonds is 8. The van der Waals surface area contributed by atoms with Gasteiger partial charge in [0.25, 0.3) is 5.88 Å². The minimum Gasteiger partial charge on any atom is -0.538 e. The number of halogens is 3. The van der Waals surface area contributed by atoms with Gasteiger partial charge in [-0.2, -0.15) is 0 Å². The van der Waals surface area contributed by atoms with Crippen LogP contribution < -0.4 is 9.15 Å². The fourth-order valence-electron chi connectivity index (χ4n) is 2.17. The molecule has 2 aromatic rings. The average molecular weight is 501 g/mol. The third kappa shape index (κ3) is 5.87. The molecule has 6 nitrogen and oxygen atoms in total. The molecular formula is C16H20BrClFNO5SSi. The fourth-order valence-corrected chi connectivity index (χ4v) is 4.82. The molecule has 0 aliphatic rings. The predicted octanol–water partition coefficient (Wildman–Crippen LogP) is 5.19. The second kappa shape index (κ2) is 8.42. The summed E-state index contributed by atoms with van der Waals surface area (Å²) in [6.45, 7) is 5.56.